The van der Waals surface area contributed by atoms with Crippen LogP contribution in [0.3, 0.4) is 0 Å². The number of benzene rings is 2. The van der Waals surface area contributed by atoms with Gasteiger partial charge in [0.05, 0.1) is 5.52 Å². The molecule has 0 radical (unpaired) electrons. The van der Waals surface area contributed by atoms with Gasteiger partial charge >= 0.3 is 0 Å². The zero-order valence-electron chi connectivity index (χ0n) is 12.0. The minimum atomic E-state index is -0.308. The van der Waals surface area contributed by atoms with Crippen molar-refractivity contribution in [2.24, 2.45) is 0 Å². The Balaban J connectivity index is 1.73. The van der Waals surface area contributed by atoms with E-state index in [0.29, 0.717) is 16.6 Å². The van der Waals surface area contributed by atoms with Gasteiger partial charge in [-0.15, -0.1) is 5.10 Å². The summed E-state index contributed by atoms with van der Waals surface area (Å²) >= 11 is 0. The Morgan fingerprint density at radius 2 is 1.87 bits per heavy atom. The van der Waals surface area contributed by atoms with E-state index in [1.165, 1.54) is 22.9 Å². The number of fused-ring (bicyclic) bond motifs is 1. The highest BCUT2D eigenvalue weighted by Gasteiger charge is 2.07. The normalized spacial score (nSPS) is 11.7. The van der Waals surface area contributed by atoms with E-state index in [9.17, 15) is 15.0 Å². The van der Waals surface area contributed by atoms with Crippen molar-refractivity contribution in [3.8, 4) is 11.5 Å². The lowest BCUT2D eigenvalue weighted by Crippen LogP contribution is -2.08. The van der Waals surface area contributed by atoms with Crippen LogP contribution in [0.1, 0.15) is 10.4 Å². The molecule has 0 unspecified atom stereocenters. The third kappa shape index (κ3) is 3.11. The number of carbonyl (C=O) groups is 1. The lowest BCUT2D eigenvalue weighted by molar-refractivity contribution is 0.0957. The molecule has 0 aliphatic rings. The highest BCUT2D eigenvalue weighted by molar-refractivity contribution is 5.95. The average Bonchev–Trinajstić information content (AvgIpc) is 2.99. The lowest BCUT2D eigenvalue weighted by atomic mass is 10.2. The monoisotopic (exact) mass is 307 g/mol. The second-order valence-electron chi connectivity index (χ2n) is 4.79. The molecule has 0 bridgehead atoms. The van der Waals surface area contributed by atoms with E-state index in [4.69, 9.17) is 0 Å². The number of phenols is 2. The molecule has 2 aromatic carbocycles. The smallest absolute Gasteiger partial charge is 0.272 e. The van der Waals surface area contributed by atoms with Crippen LogP contribution in [-0.2, 0) is 0 Å². The zero-order chi connectivity index (χ0) is 16.2. The van der Waals surface area contributed by atoms with Crippen molar-refractivity contribution in [1.29, 1.82) is 0 Å². The molecule has 6 nitrogen and oxygen atoms in total. The summed E-state index contributed by atoms with van der Waals surface area (Å²) in [6.07, 6.45) is 6.30. The van der Waals surface area contributed by atoms with Gasteiger partial charge in [-0.25, -0.2) is 0 Å². The predicted molar refractivity (Wildman–Crippen MR) is 86.1 cm³/mol. The van der Waals surface area contributed by atoms with Crippen molar-refractivity contribution in [2.75, 3.05) is 0 Å². The molecule has 2 N–H and O–H groups in total. The molecule has 0 saturated heterocycles. The maximum absolute atomic E-state index is 12.1. The molecule has 0 amide bonds. The molecule has 3 rings (SSSR count). The number of aromatic nitrogens is 3. The third-order valence-corrected chi connectivity index (χ3v) is 3.20. The number of nitrogens with zero attached hydrogens (tertiary/aromatic N) is 3. The molecule has 0 spiro atoms. The fourth-order valence-corrected chi connectivity index (χ4v) is 2.05. The van der Waals surface area contributed by atoms with Crippen LogP contribution in [0.25, 0.3) is 17.1 Å². The van der Waals surface area contributed by atoms with Gasteiger partial charge in [0, 0.05) is 6.08 Å². The molecule has 0 fully saturated rings. The van der Waals surface area contributed by atoms with E-state index in [2.05, 4.69) is 10.3 Å². The summed E-state index contributed by atoms with van der Waals surface area (Å²) in [6, 6.07) is 11.7. The van der Waals surface area contributed by atoms with Crippen LogP contribution in [-0.4, -0.2) is 31.1 Å². The van der Waals surface area contributed by atoms with Crippen molar-refractivity contribution >= 4 is 23.0 Å². The average molecular weight is 307 g/mol. The maximum Gasteiger partial charge on any atom is 0.272 e. The number of carbonyl (C=O) groups excluding carboxylic acids is 1. The molecule has 6 heteroatoms. The maximum atomic E-state index is 12.1. The molecule has 3 aromatic rings. The van der Waals surface area contributed by atoms with E-state index in [1.54, 1.807) is 36.4 Å². The van der Waals surface area contributed by atoms with Gasteiger partial charge in [0.2, 0.25) is 0 Å². The van der Waals surface area contributed by atoms with Crippen molar-refractivity contribution in [3.05, 3.63) is 66.3 Å². The molecule has 1 heterocycles. The van der Waals surface area contributed by atoms with Crippen molar-refractivity contribution < 1.29 is 15.0 Å². The Labute approximate surface area is 131 Å². The molecule has 0 aliphatic heterocycles. The van der Waals surface area contributed by atoms with Crippen molar-refractivity contribution in [2.45, 2.75) is 0 Å². The minimum Gasteiger partial charge on any atom is -0.504 e. The van der Waals surface area contributed by atoms with Gasteiger partial charge in [-0.1, -0.05) is 41.6 Å². The van der Waals surface area contributed by atoms with Crippen LogP contribution in [0.2, 0.25) is 0 Å². The Morgan fingerprint density at radius 1 is 1.04 bits per heavy atom. The summed E-state index contributed by atoms with van der Waals surface area (Å²) in [6.45, 7) is 0. The Hall–Kier alpha value is -3.41. The Bertz CT molecular complexity index is 926. The van der Waals surface area contributed by atoms with Crippen LogP contribution >= 0.6 is 0 Å². The van der Waals surface area contributed by atoms with Gasteiger partial charge in [-0.05, 0) is 29.8 Å². The molecule has 23 heavy (non-hydrogen) atoms. The van der Waals surface area contributed by atoms with Crippen molar-refractivity contribution in [3.63, 3.8) is 0 Å². The molecule has 0 saturated carbocycles. The van der Waals surface area contributed by atoms with Crippen LogP contribution < -0.4 is 0 Å². The molecule has 1 aromatic heterocycles. The van der Waals surface area contributed by atoms with Crippen LogP contribution in [0, 0.1) is 0 Å². The van der Waals surface area contributed by atoms with E-state index >= 15 is 0 Å². The number of hydrogen-bond acceptors (Lipinski definition) is 5. The minimum absolute atomic E-state index is 0.175. The van der Waals surface area contributed by atoms with E-state index in [0.717, 1.165) is 0 Å². The largest absolute Gasteiger partial charge is 0.504 e. The second-order valence-corrected chi connectivity index (χ2v) is 4.79. The summed E-state index contributed by atoms with van der Waals surface area (Å²) in [7, 11) is 0. The summed E-state index contributed by atoms with van der Waals surface area (Å²) in [5.41, 5.74) is 2.00. The predicted octanol–water partition coefficient (Wildman–Crippen LogP) is 2.75. The van der Waals surface area contributed by atoms with E-state index in [-0.39, 0.29) is 17.4 Å². The first-order chi connectivity index (χ1) is 11.1. The molecule has 0 atom stereocenters. The van der Waals surface area contributed by atoms with Crippen LogP contribution in [0.4, 0.5) is 0 Å². The van der Waals surface area contributed by atoms with Gasteiger partial charge in [0.1, 0.15) is 5.52 Å². The molecule has 0 aliphatic carbocycles. The molecular weight excluding hydrogens is 294 g/mol. The summed E-state index contributed by atoms with van der Waals surface area (Å²) < 4.78 is 1.23. The third-order valence-electron chi connectivity index (χ3n) is 3.20. The summed E-state index contributed by atoms with van der Waals surface area (Å²) in [4.78, 5) is 12.1. The Kier molecular flexibility index (Phi) is 3.88. The van der Waals surface area contributed by atoms with Gasteiger partial charge in [0.25, 0.3) is 5.91 Å². The number of hydrogen-bond donors (Lipinski definition) is 2. The van der Waals surface area contributed by atoms with E-state index < -0.39 is 0 Å². The van der Waals surface area contributed by atoms with Gasteiger partial charge in [-0.2, -0.15) is 4.68 Å². The van der Waals surface area contributed by atoms with Crippen LogP contribution in [0.5, 0.6) is 11.5 Å². The first kappa shape index (κ1) is 14.5. The highest BCUT2D eigenvalue weighted by Crippen LogP contribution is 2.25. The van der Waals surface area contributed by atoms with Crippen LogP contribution in [0.15, 0.2) is 60.7 Å². The molecule has 114 valence electrons. The Morgan fingerprint density at radius 3 is 2.70 bits per heavy atom. The second kappa shape index (κ2) is 6.15. The fourth-order valence-electron chi connectivity index (χ4n) is 2.05. The number of allylic oxidation sites excluding steroid dienone is 3. The number of rotatable bonds is 3. The van der Waals surface area contributed by atoms with Gasteiger partial charge < -0.3 is 10.2 Å². The van der Waals surface area contributed by atoms with Gasteiger partial charge in [0.15, 0.2) is 11.5 Å². The van der Waals surface area contributed by atoms with Gasteiger partial charge in [-0.3, -0.25) is 4.79 Å². The lowest BCUT2D eigenvalue weighted by Gasteiger charge is -1.97. The number of phenolic OH excluding ortho intramolecular Hbond substituents is 2. The topological polar surface area (TPSA) is 88.2 Å². The highest BCUT2D eigenvalue weighted by atomic mass is 16.3. The first-order valence-corrected chi connectivity index (χ1v) is 6.86. The standard InChI is InChI=1S/C17H13N3O3/c21-15-10-9-12(11-16(15)22)5-1-4-8-17(23)20-14-7-3-2-6-13(14)18-19-20/h1-11,21-22H/b5-1+,8-4+. The summed E-state index contributed by atoms with van der Waals surface area (Å²) in [5, 5.41) is 26.4. The number of para-hydroxylation sites is 1. The zero-order valence-corrected chi connectivity index (χ0v) is 12.0. The van der Waals surface area contributed by atoms with E-state index in [1.807, 2.05) is 12.1 Å². The number of aromatic hydroxyl groups is 2. The van der Waals surface area contributed by atoms with Crippen molar-refractivity contribution in [1.82, 2.24) is 15.0 Å². The summed E-state index contributed by atoms with van der Waals surface area (Å²) in [5.74, 6) is -0.677. The molecular formula is C17H13N3O3. The quantitative estimate of drug-likeness (QED) is 0.441. The fraction of sp³-hybridized carbons (Fsp3) is 0. The SMILES string of the molecule is O=C(/C=C/C=C/c1ccc(O)c(O)c1)n1nnc2ccccc21. The first-order valence-electron chi connectivity index (χ1n) is 6.86.